The maximum Gasteiger partial charge on any atom is 0.407 e. The Labute approximate surface area is 134 Å². The van der Waals surface area contributed by atoms with E-state index >= 15 is 0 Å². The summed E-state index contributed by atoms with van der Waals surface area (Å²) < 4.78 is 5.32. The third kappa shape index (κ3) is 6.67. The molecule has 0 aromatic rings. The summed E-state index contributed by atoms with van der Waals surface area (Å²) in [5.41, 5.74) is -0.504. The molecule has 128 valence electrons. The molecule has 1 fully saturated rings. The van der Waals surface area contributed by atoms with Gasteiger partial charge in [0.1, 0.15) is 5.60 Å². The molecular formula is C17H32N2O3. The Kier molecular flexibility index (Phi) is 6.69. The van der Waals surface area contributed by atoms with Gasteiger partial charge in [0.05, 0.1) is 6.04 Å². The number of nitrogens with zero attached hydrogens (tertiary/aromatic N) is 1. The van der Waals surface area contributed by atoms with Gasteiger partial charge in [-0.3, -0.25) is 4.79 Å². The summed E-state index contributed by atoms with van der Waals surface area (Å²) in [6.07, 6.45) is 2.08. The summed E-state index contributed by atoms with van der Waals surface area (Å²) in [7, 11) is 0. The Morgan fingerprint density at radius 2 is 1.91 bits per heavy atom. The molecule has 0 aromatic carbocycles. The average molecular weight is 312 g/mol. The summed E-state index contributed by atoms with van der Waals surface area (Å²) in [6, 6.07) is -0.0235. The van der Waals surface area contributed by atoms with Crippen molar-refractivity contribution in [2.75, 3.05) is 13.1 Å². The molecule has 1 N–H and O–H groups in total. The van der Waals surface area contributed by atoms with E-state index in [1.807, 2.05) is 25.7 Å². The minimum absolute atomic E-state index is 0.0235. The zero-order valence-electron chi connectivity index (χ0n) is 14.9. The molecule has 2 unspecified atom stereocenters. The first-order valence-electron chi connectivity index (χ1n) is 8.38. The van der Waals surface area contributed by atoms with Crippen molar-refractivity contribution in [3.8, 4) is 0 Å². The molecule has 0 radical (unpaired) electrons. The van der Waals surface area contributed by atoms with Crippen LogP contribution in [0.1, 0.15) is 60.8 Å². The van der Waals surface area contributed by atoms with E-state index in [2.05, 4.69) is 26.1 Å². The number of ether oxygens (including phenoxy) is 1. The number of piperidine rings is 1. The van der Waals surface area contributed by atoms with E-state index in [-0.39, 0.29) is 11.9 Å². The Balaban J connectivity index is 2.63. The van der Waals surface area contributed by atoms with E-state index in [9.17, 15) is 9.59 Å². The van der Waals surface area contributed by atoms with Crippen molar-refractivity contribution in [2.45, 2.75) is 72.4 Å². The maximum atomic E-state index is 12.3. The second-order valence-corrected chi connectivity index (χ2v) is 7.75. The van der Waals surface area contributed by atoms with Crippen LogP contribution in [0.2, 0.25) is 0 Å². The minimum atomic E-state index is -0.504. The van der Waals surface area contributed by atoms with Crippen LogP contribution in [0.5, 0.6) is 0 Å². The number of nitrogens with one attached hydrogen (secondary N) is 1. The number of rotatable bonds is 4. The van der Waals surface area contributed by atoms with Crippen molar-refractivity contribution in [3.63, 3.8) is 0 Å². The van der Waals surface area contributed by atoms with Crippen molar-refractivity contribution in [1.29, 1.82) is 0 Å². The first kappa shape index (κ1) is 18.8. The van der Waals surface area contributed by atoms with Crippen molar-refractivity contribution >= 4 is 12.0 Å². The minimum Gasteiger partial charge on any atom is -0.444 e. The molecule has 0 bridgehead atoms. The second kappa shape index (κ2) is 7.84. The molecule has 5 nitrogen and oxygen atoms in total. The van der Waals surface area contributed by atoms with Gasteiger partial charge in [-0.15, -0.1) is 0 Å². The fourth-order valence-electron chi connectivity index (χ4n) is 2.76. The van der Waals surface area contributed by atoms with Crippen LogP contribution in [0.3, 0.4) is 0 Å². The molecule has 22 heavy (non-hydrogen) atoms. The number of alkyl carbamates (subject to hydrolysis) is 1. The summed E-state index contributed by atoms with van der Waals surface area (Å²) in [4.78, 5) is 26.2. The van der Waals surface area contributed by atoms with Crippen LogP contribution >= 0.6 is 0 Å². The summed E-state index contributed by atoms with van der Waals surface area (Å²) >= 11 is 0. The zero-order valence-corrected chi connectivity index (χ0v) is 14.9. The highest BCUT2D eigenvalue weighted by Gasteiger charge is 2.31. The normalized spacial score (nSPS) is 22.6. The van der Waals surface area contributed by atoms with Gasteiger partial charge in [0.15, 0.2) is 0 Å². The van der Waals surface area contributed by atoms with Gasteiger partial charge in [0.2, 0.25) is 5.91 Å². The van der Waals surface area contributed by atoms with Crippen LogP contribution in [-0.2, 0) is 9.53 Å². The van der Waals surface area contributed by atoms with Crippen molar-refractivity contribution in [3.05, 3.63) is 0 Å². The van der Waals surface area contributed by atoms with E-state index in [4.69, 9.17) is 4.74 Å². The summed E-state index contributed by atoms with van der Waals surface area (Å²) in [6.45, 7) is 13.2. The lowest BCUT2D eigenvalue weighted by atomic mass is 9.91. The van der Waals surface area contributed by atoms with Crippen LogP contribution in [0.25, 0.3) is 0 Å². The molecule has 1 aliphatic heterocycles. The molecule has 1 aliphatic rings. The van der Waals surface area contributed by atoms with Crippen molar-refractivity contribution in [1.82, 2.24) is 10.2 Å². The molecule has 1 heterocycles. The number of carbonyl (C=O) groups excluding carboxylic acids is 2. The smallest absolute Gasteiger partial charge is 0.407 e. The van der Waals surface area contributed by atoms with Crippen molar-refractivity contribution in [2.24, 2.45) is 11.8 Å². The van der Waals surface area contributed by atoms with E-state index in [0.717, 1.165) is 19.4 Å². The van der Waals surface area contributed by atoms with E-state index in [1.54, 1.807) is 0 Å². The maximum absolute atomic E-state index is 12.3. The monoisotopic (exact) mass is 312 g/mol. The molecule has 1 saturated heterocycles. The molecule has 0 saturated carbocycles. The van der Waals surface area contributed by atoms with E-state index < -0.39 is 11.7 Å². The van der Waals surface area contributed by atoms with Crippen molar-refractivity contribution < 1.29 is 14.3 Å². The van der Waals surface area contributed by atoms with Crippen LogP contribution in [-0.4, -0.2) is 41.6 Å². The highest BCUT2D eigenvalue weighted by Crippen LogP contribution is 2.21. The van der Waals surface area contributed by atoms with Gasteiger partial charge in [-0.25, -0.2) is 4.79 Å². The molecule has 0 spiro atoms. The topological polar surface area (TPSA) is 58.6 Å². The molecule has 0 aliphatic carbocycles. The second-order valence-electron chi connectivity index (χ2n) is 7.75. The molecule has 0 aromatic heterocycles. The van der Waals surface area contributed by atoms with Crippen LogP contribution in [0.4, 0.5) is 4.79 Å². The van der Waals surface area contributed by atoms with Crippen LogP contribution in [0.15, 0.2) is 0 Å². The lowest BCUT2D eigenvalue weighted by Crippen LogP contribution is -2.53. The highest BCUT2D eigenvalue weighted by molar-refractivity contribution is 5.76. The fraction of sp³-hybridized carbons (Fsp3) is 0.882. The molecule has 1 rings (SSSR count). The number of carbonyl (C=O) groups is 2. The predicted molar refractivity (Wildman–Crippen MR) is 87.6 cm³/mol. The van der Waals surface area contributed by atoms with Gasteiger partial charge >= 0.3 is 6.09 Å². The zero-order chi connectivity index (χ0) is 16.9. The Hall–Kier alpha value is -1.26. The summed E-state index contributed by atoms with van der Waals surface area (Å²) in [5.74, 6) is 0.973. The van der Waals surface area contributed by atoms with E-state index in [1.165, 1.54) is 0 Å². The lowest BCUT2D eigenvalue weighted by molar-refractivity contribution is -0.134. The quantitative estimate of drug-likeness (QED) is 0.867. The first-order chi connectivity index (χ1) is 10.1. The lowest BCUT2D eigenvalue weighted by Gasteiger charge is -2.38. The Morgan fingerprint density at radius 3 is 2.41 bits per heavy atom. The number of hydrogen-bond acceptors (Lipinski definition) is 3. The van der Waals surface area contributed by atoms with E-state index in [0.29, 0.717) is 24.8 Å². The third-order valence-electron chi connectivity index (χ3n) is 3.77. The highest BCUT2D eigenvalue weighted by atomic mass is 16.6. The van der Waals surface area contributed by atoms with Gasteiger partial charge in [-0.1, -0.05) is 27.2 Å². The fourth-order valence-corrected chi connectivity index (χ4v) is 2.76. The van der Waals surface area contributed by atoms with Gasteiger partial charge < -0.3 is 15.0 Å². The van der Waals surface area contributed by atoms with Gasteiger partial charge in [-0.05, 0) is 39.0 Å². The first-order valence-corrected chi connectivity index (χ1v) is 8.38. The molecule has 2 atom stereocenters. The summed E-state index contributed by atoms with van der Waals surface area (Å²) in [5, 5.41) is 2.92. The third-order valence-corrected chi connectivity index (χ3v) is 3.77. The number of hydrogen-bond donors (Lipinski definition) is 1. The van der Waals surface area contributed by atoms with Crippen LogP contribution in [0, 0.1) is 11.8 Å². The van der Waals surface area contributed by atoms with Gasteiger partial charge in [-0.2, -0.15) is 0 Å². The number of likely N-dealkylation sites (tertiary alicyclic amines) is 1. The van der Waals surface area contributed by atoms with Gasteiger partial charge in [0, 0.05) is 19.5 Å². The van der Waals surface area contributed by atoms with Crippen LogP contribution < -0.4 is 5.32 Å². The number of amides is 2. The standard InChI is InChI=1S/C17H32N2O3/c1-7-13-9-14(18-16(21)22-17(4,5)6)11-19(10-13)15(20)8-12(2)3/h12-14H,7-11H2,1-6H3,(H,18,21). The molecule has 2 amide bonds. The molecular weight excluding hydrogens is 280 g/mol. The average Bonchev–Trinajstić information content (AvgIpc) is 2.34. The Bertz CT molecular complexity index is 388. The molecule has 5 heteroatoms. The van der Waals surface area contributed by atoms with Gasteiger partial charge in [0.25, 0.3) is 0 Å². The SMILES string of the molecule is CCC1CC(NC(=O)OC(C)(C)C)CN(C(=O)CC(C)C)C1. The largest absolute Gasteiger partial charge is 0.444 e. The predicted octanol–water partition coefficient (Wildman–Crippen LogP) is 3.18. The Morgan fingerprint density at radius 1 is 1.27 bits per heavy atom.